The fraction of sp³-hybridized carbons (Fsp3) is 0.419. The molecule has 1 aliphatic carbocycles. The molecule has 1 aromatic carbocycles. The highest BCUT2D eigenvalue weighted by Crippen LogP contribution is 2.44. The number of likely N-dealkylation sites (N-methyl/N-ethyl adjacent to an activating group) is 1. The maximum atomic E-state index is 15.3. The van der Waals surface area contributed by atoms with Gasteiger partial charge in [-0.25, -0.2) is 22.9 Å². The Morgan fingerprint density at radius 3 is 2.55 bits per heavy atom. The predicted molar refractivity (Wildman–Crippen MR) is 160 cm³/mol. The molecule has 1 saturated heterocycles. The summed E-state index contributed by atoms with van der Waals surface area (Å²) in [7, 11) is 3.03. The molecule has 0 bridgehead atoms. The Morgan fingerprint density at radius 1 is 1.14 bits per heavy atom. The molecule has 1 saturated carbocycles. The van der Waals surface area contributed by atoms with Crippen molar-refractivity contribution in [2.75, 3.05) is 37.5 Å². The van der Waals surface area contributed by atoms with Gasteiger partial charge in [-0.3, -0.25) is 4.98 Å². The van der Waals surface area contributed by atoms with Crippen LogP contribution in [0.1, 0.15) is 38.2 Å². The molecule has 3 N–H and O–H groups in total. The molecule has 3 aromatic heterocycles. The summed E-state index contributed by atoms with van der Waals surface area (Å²) < 4.78 is 52.3. The molecule has 10 nitrogen and oxygen atoms in total. The number of nitrogens with zero attached hydrogens (tertiary/aromatic N) is 6. The van der Waals surface area contributed by atoms with Crippen LogP contribution in [0.2, 0.25) is 0 Å². The number of carbonyl (C=O) groups excluding carboxylic acids is 1. The van der Waals surface area contributed by atoms with Crippen molar-refractivity contribution in [3.63, 3.8) is 0 Å². The predicted octanol–water partition coefficient (Wildman–Crippen LogP) is 5.40. The molecular formula is C31H35F3N8O2. The lowest BCUT2D eigenvalue weighted by atomic mass is 9.89. The highest BCUT2D eigenvalue weighted by atomic mass is 19.1. The largest absolute Gasteiger partial charge is 0.453 e. The third kappa shape index (κ3) is 5.29. The average molecular weight is 609 g/mol. The number of nitrogens with two attached hydrogens (primary N) is 1. The van der Waals surface area contributed by atoms with Crippen LogP contribution in [0.3, 0.4) is 0 Å². The van der Waals surface area contributed by atoms with Gasteiger partial charge in [0, 0.05) is 32.4 Å². The smallest absolute Gasteiger partial charge is 0.409 e. The van der Waals surface area contributed by atoms with Gasteiger partial charge >= 0.3 is 6.09 Å². The first-order chi connectivity index (χ1) is 21.1. The van der Waals surface area contributed by atoms with Crippen LogP contribution in [0.25, 0.3) is 16.8 Å². The molecule has 232 valence electrons. The first-order valence-electron chi connectivity index (χ1n) is 14.7. The quantitative estimate of drug-likeness (QED) is 0.299. The summed E-state index contributed by atoms with van der Waals surface area (Å²) in [6.45, 7) is 3.11. The highest BCUT2D eigenvalue weighted by molar-refractivity contribution is 5.74. The van der Waals surface area contributed by atoms with E-state index in [1.807, 2.05) is 13.0 Å². The minimum atomic E-state index is -1.71. The molecule has 4 heterocycles. The number of imidazole rings is 1. The van der Waals surface area contributed by atoms with Crippen LogP contribution in [0.4, 0.5) is 35.3 Å². The number of anilines is 3. The minimum Gasteiger partial charge on any atom is -0.453 e. The van der Waals surface area contributed by atoms with E-state index in [9.17, 15) is 4.79 Å². The number of aromatic nitrogens is 4. The van der Waals surface area contributed by atoms with Gasteiger partial charge in [-0.2, -0.15) is 9.61 Å². The normalized spacial score (nSPS) is 21.4. The number of benzene rings is 1. The second-order valence-electron chi connectivity index (χ2n) is 11.8. The number of halogens is 3. The van der Waals surface area contributed by atoms with Crippen LogP contribution in [-0.4, -0.2) is 69.9 Å². The molecule has 0 unspecified atom stereocenters. The summed E-state index contributed by atoms with van der Waals surface area (Å²) in [5.74, 6) is -1.41. The third-order valence-corrected chi connectivity index (χ3v) is 8.85. The molecular weight excluding hydrogens is 573 g/mol. The van der Waals surface area contributed by atoms with Crippen LogP contribution >= 0.6 is 0 Å². The standard InChI is InChI=1S/C31H35F3N8O2/c1-18-16-41(17-23(35)28(18)40(2)30(43)44-3)26-8-11-36-15-25(26)38-29-37-14-20-6-7-24(39-42(20)29)27-21(32)12-19(13-22(27)33)31(34)9-4-5-10-31/h6-8,11-15,18,23,28H,4-5,9-10,16-17,35H2,1-3H3,(H,37,38)/t18-,23+,28-/m0/s1. The Bertz CT molecular complexity index is 1660. The molecule has 2 fully saturated rings. The van der Waals surface area contributed by atoms with Crippen LogP contribution in [0, 0.1) is 17.6 Å². The summed E-state index contributed by atoms with van der Waals surface area (Å²) >= 11 is 0. The SMILES string of the molecule is COC(=O)N(C)[C@@H]1[C@H](N)CN(c2ccncc2Nc2ncc3ccc(-c4c(F)cc(C5(F)CCCC5)cc4F)nn23)C[C@@H]1C. The summed E-state index contributed by atoms with van der Waals surface area (Å²) in [6.07, 6.45) is 6.35. The van der Waals surface area contributed by atoms with E-state index in [-0.39, 0.29) is 47.7 Å². The van der Waals surface area contributed by atoms with E-state index in [0.717, 1.165) is 17.8 Å². The van der Waals surface area contributed by atoms with Gasteiger partial charge in [0.15, 0.2) is 0 Å². The van der Waals surface area contributed by atoms with Gasteiger partial charge in [0.1, 0.15) is 17.3 Å². The fourth-order valence-electron chi connectivity index (χ4n) is 6.73. The lowest BCUT2D eigenvalue weighted by Crippen LogP contribution is -2.62. The van der Waals surface area contributed by atoms with E-state index in [1.165, 1.54) is 17.7 Å². The Balaban J connectivity index is 1.28. The number of ether oxygens (including phenoxy) is 1. The van der Waals surface area contributed by atoms with Crippen LogP contribution in [0.5, 0.6) is 0 Å². The lowest BCUT2D eigenvalue weighted by Gasteiger charge is -2.45. The third-order valence-electron chi connectivity index (χ3n) is 8.85. The Labute approximate surface area is 253 Å². The number of methoxy groups -OCH3 is 1. The molecule has 0 spiro atoms. The van der Waals surface area contributed by atoms with E-state index in [1.54, 1.807) is 36.6 Å². The molecule has 44 heavy (non-hydrogen) atoms. The molecule has 1 amide bonds. The molecule has 3 atom stereocenters. The zero-order valence-electron chi connectivity index (χ0n) is 24.8. The van der Waals surface area contributed by atoms with E-state index < -0.39 is 23.4 Å². The Kier molecular flexibility index (Phi) is 7.82. The number of rotatable bonds is 6. The second-order valence-corrected chi connectivity index (χ2v) is 11.8. The number of amides is 1. The summed E-state index contributed by atoms with van der Waals surface area (Å²) in [6, 6.07) is 6.64. The number of hydrogen-bond donors (Lipinski definition) is 2. The minimum absolute atomic E-state index is 0.0254. The van der Waals surface area contributed by atoms with Gasteiger partial charge in [-0.15, -0.1) is 0 Å². The molecule has 6 rings (SSSR count). The first kappa shape index (κ1) is 29.7. The molecule has 0 radical (unpaired) electrons. The molecule has 4 aromatic rings. The Hall–Kier alpha value is -4.39. The van der Waals surface area contributed by atoms with Crippen molar-refractivity contribution in [3.8, 4) is 11.3 Å². The number of carbonyl (C=O) groups is 1. The summed E-state index contributed by atoms with van der Waals surface area (Å²) in [4.78, 5) is 24.6. The van der Waals surface area contributed by atoms with E-state index in [2.05, 4.69) is 25.3 Å². The van der Waals surface area contributed by atoms with Gasteiger partial charge in [-0.05, 0) is 67.5 Å². The van der Waals surface area contributed by atoms with Crippen molar-refractivity contribution in [2.24, 2.45) is 11.7 Å². The number of fused-ring (bicyclic) bond motifs is 1. The molecule has 1 aliphatic heterocycles. The fourth-order valence-corrected chi connectivity index (χ4v) is 6.73. The van der Waals surface area contributed by atoms with Crippen molar-refractivity contribution in [2.45, 2.75) is 50.4 Å². The zero-order chi connectivity index (χ0) is 31.2. The number of pyridine rings is 1. The zero-order valence-corrected chi connectivity index (χ0v) is 24.8. The van der Waals surface area contributed by atoms with E-state index in [4.69, 9.17) is 10.5 Å². The van der Waals surface area contributed by atoms with Gasteiger partial charge < -0.3 is 25.6 Å². The highest BCUT2D eigenvalue weighted by Gasteiger charge is 2.39. The monoisotopic (exact) mass is 608 g/mol. The maximum absolute atomic E-state index is 15.3. The number of hydrogen-bond acceptors (Lipinski definition) is 8. The van der Waals surface area contributed by atoms with Gasteiger partial charge in [-0.1, -0.05) is 6.92 Å². The first-order valence-corrected chi connectivity index (χ1v) is 14.7. The molecule has 2 aliphatic rings. The van der Waals surface area contributed by atoms with Crippen molar-refractivity contribution < 1.29 is 22.7 Å². The van der Waals surface area contributed by atoms with Gasteiger partial charge in [0.25, 0.3) is 0 Å². The van der Waals surface area contributed by atoms with E-state index in [0.29, 0.717) is 43.1 Å². The number of piperidine rings is 1. The second kappa shape index (κ2) is 11.6. The van der Waals surface area contributed by atoms with Crippen molar-refractivity contribution in [1.29, 1.82) is 0 Å². The Morgan fingerprint density at radius 2 is 1.86 bits per heavy atom. The number of nitrogens with one attached hydrogen (secondary N) is 1. The van der Waals surface area contributed by atoms with Gasteiger partial charge in [0.2, 0.25) is 5.95 Å². The van der Waals surface area contributed by atoms with Crippen molar-refractivity contribution in [3.05, 3.63) is 66.1 Å². The molecule has 13 heteroatoms. The van der Waals surface area contributed by atoms with E-state index >= 15 is 13.2 Å². The van der Waals surface area contributed by atoms with Crippen LogP contribution in [0.15, 0.2) is 48.9 Å². The van der Waals surface area contributed by atoms with Gasteiger partial charge in [0.05, 0.1) is 53.7 Å². The van der Waals surface area contributed by atoms with Crippen molar-refractivity contribution >= 4 is 28.9 Å². The average Bonchev–Trinajstić information content (AvgIpc) is 3.63. The maximum Gasteiger partial charge on any atom is 0.409 e. The topological polar surface area (TPSA) is 114 Å². The number of alkyl halides is 1. The summed E-state index contributed by atoms with van der Waals surface area (Å²) in [5, 5.41) is 7.77. The lowest BCUT2D eigenvalue weighted by molar-refractivity contribution is 0.0906. The van der Waals surface area contributed by atoms with Crippen LogP contribution < -0.4 is 16.0 Å². The van der Waals surface area contributed by atoms with Crippen molar-refractivity contribution in [1.82, 2.24) is 24.5 Å². The summed E-state index contributed by atoms with van der Waals surface area (Å²) in [5.41, 5.74) is 6.62. The van der Waals surface area contributed by atoms with Crippen LogP contribution in [-0.2, 0) is 10.4 Å².